The molecule has 278 valence electrons. The number of nitrogens with zero attached hydrogens (tertiary/aromatic N) is 2. The van der Waals surface area contributed by atoms with Gasteiger partial charge in [-0.2, -0.15) is 105 Å². The van der Waals surface area contributed by atoms with E-state index in [0.717, 1.165) is 0 Å². The van der Waals surface area contributed by atoms with Crippen molar-refractivity contribution in [1.82, 2.24) is 9.13 Å². The fourth-order valence-electron chi connectivity index (χ4n) is 3.20. The molecule has 0 saturated carbocycles. The second kappa shape index (κ2) is 12.1. The summed E-state index contributed by atoms with van der Waals surface area (Å²) in [6, 6.07) is 0. The molecule has 0 aromatic carbocycles. The Morgan fingerprint density at radius 3 is 0.830 bits per heavy atom. The molecule has 1 aromatic rings. The predicted molar refractivity (Wildman–Crippen MR) is 114 cm³/mol. The predicted octanol–water partition coefficient (Wildman–Crippen LogP) is 10.2. The Labute approximate surface area is 258 Å². The Hall–Kier alpha value is -1.55. The fraction of sp³-hybridized carbons (Fsp3) is 0.833. The zero-order chi connectivity index (χ0) is 38.2. The lowest BCUT2D eigenvalue weighted by atomic mass is 9.92. The molecule has 0 aliphatic rings. The maximum Gasteiger partial charge on any atom is 0.460 e. The van der Waals surface area contributed by atoms with Crippen molar-refractivity contribution in [2.45, 2.75) is 102 Å². The van der Waals surface area contributed by atoms with Crippen LogP contribution in [-0.2, 0) is 13.1 Å². The maximum absolute atomic E-state index is 14.1. The van der Waals surface area contributed by atoms with Crippen molar-refractivity contribution in [2.75, 3.05) is 0 Å². The summed E-state index contributed by atoms with van der Waals surface area (Å²) in [7, 11) is 0. The van der Waals surface area contributed by atoms with Crippen LogP contribution < -0.4 is 0 Å². The van der Waals surface area contributed by atoms with Crippen LogP contribution in [0.5, 0.6) is 0 Å². The molecule has 1 heterocycles. The summed E-state index contributed by atoms with van der Waals surface area (Å²) >= 11 is 11.2. The number of alkyl halides is 24. The van der Waals surface area contributed by atoms with Gasteiger partial charge in [-0.15, -0.1) is 25.3 Å². The molecular formula is C18H10F24N2S3. The van der Waals surface area contributed by atoms with Gasteiger partial charge in [-0.05, 0) is 12.2 Å². The molecule has 0 radical (unpaired) electrons. The standard InChI is InChI=1S/C18H10F24N2S3/c19-8(20,10(23,24)12(27,28)14(31,32)16(35,36)18(40,41)42)1-3-43-5(45)6(46)44(7(43)47)4-2-9(21,22)11(25,26)13(29,30)15(33,34)17(37,38)39/h45-46H,1-4H2. The van der Waals surface area contributed by atoms with Gasteiger partial charge in [0.2, 0.25) is 0 Å². The van der Waals surface area contributed by atoms with Crippen LogP contribution in [0.15, 0.2) is 10.1 Å². The summed E-state index contributed by atoms with van der Waals surface area (Å²) < 4.78 is 316. The minimum absolute atomic E-state index is 0.159. The summed E-state index contributed by atoms with van der Waals surface area (Å²) in [6.07, 6.45) is -21.0. The van der Waals surface area contributed by atoms with Crippen LogP contribution in [0.2, 0.25) is 0 Å². The molecule has 0 atom stereocenters. The van der Waals surface area contributed by atoms with Gasteiger partial charge in [0.15, 0.2) is 4.77 Å². The van der Waals surface area contributed by atoms with E-state index in [-0.39, 0.29) is 9.13 Å². The lowest BCUT2D eigenvalue weighted by molar-refractivity contribution is -0.440. The minimum atomic E-state index is -8.24. The SMILES string of the molecule is FC(F)(F)C(F)(F)C(F)(F)C(F)(F)C(F)(F)CCn1c(S)c(S)n(CCC(F)(F)C(F)(F)C(F)(F)C(F)(F)C(F)(F)C(F)(F)F)c1=S. The number of hydrogen-bond donors (Lipinski definition) is 2. The molecular weight excluding hydrogens is 796 g/mol. The highest BCUT2D eigenvalue weighted by molar-refractivity contribution is 7.83. The first-order valence-electron chi connectivity index (χ1n) is 10.9. The molecule has 0 bridgehead atoms. The summed E-state index contributed by atoms with van der Waals surface area (Å²) in [4.78, 5) is 0. The number of halogens is 24. The molecule has 0 aliphatic heterocycles. The molecule has 0 fully saturated rings. The van der Waals surface area contributed by atoms with Crippen molar-refractivity contribution in [2.24, 2.45) is 0 Å². The number of imidazole rings is 1. The van der Waals surface area contributed by atoms with Crippen LogP contribution in [0.4, 0.5) is 105 Å². The molecule has 0 spiro atoms. The highest BCUT2D eigenvalue weighted by Crippen LogP contribution is 2.61. The van der Waals surface area contributed by atoms with Crippen LogP contribution in [0.1, 0.15) is 12.8 Å². The first-order chi connectivity index (χ1) is 20.2. The van der Waals surface area contributed by atoms with E-state index in [1.54, 1.807) is 0 Å². The topological polar surface area (TPSA) is 9.86 Å². The maximum atomic E-state index is 14.1. The Morgan fingerprint density at radius 1 is 0.383 bits per heavy atom. The van der Waals surface area contributed by atoms with Crippen LogP contribution in [0.3, 0.4) is 0 Å². The summed E-state index contributed by atoms with van der Waals surface area (Å²) in [5, 5.41) is -2.29. The number of aromatic nitrogens is 2. The molecule has 1 aromatic heterocycles. The van der Waals surface area contributed by atoms with Crippen LogP contribution >= 0.6 is 37.5 Å². The molecule has 0 N–H and O–H groups in total. The molecule has 29 heteroatoms. The minimum Gasteiger partial charge on any atom is -0.311 e. The van der Waals surface area contributed by atoms with Crippen molar-refractivity contribution in [3.05, 3.63) is 4.77 Å². The van der Waals surface area contributed by atoms with Gasteiger partial charge in [-0.1, -0.05) is 0 Å². The van der Waals surface area contributed by atoms with Crippen LogP contribution in [0.25, 0.3) is 0 Å². The average Bonchev–Trinajstić information content (AvgIpc) is 3.06. The van der Waals surface area contributed by atoms with Gasteiger partial charge in [0.1, 0.15) is 10.1 Å². The number of thiol groups is 2. The molecule has 47 heavy (non-hydrogen) atoms. The molecule has 0 amide bonds. The van der Waals surface area contributed by atoms with Gasteiger partial charge in [0.05, 0.1) is 0 Å². The number of rotatable bonds is 13. The first kappa shape index (κ1) is 43.5. The second-order valence-electron chi connectivity index (χ2n) is 9.16. The molecule has 1 rings (SSSR count). The summed E-state index contributed by atoms with van der Waals surface area (Å²) in [5.74, 6) is -68.6. The van der Waals surface area contributed by atoms with Gasteiger partial charge >= 0.3 is 65.7 Å². The van der Waals surface area contributed by atoms with Crippen molar-refractivity contribution < 1.29 is 105 Å². The van der Waals surface area contributed by atoms with Crippen molar-refractivity contribution in [1.29, 1.82) is 0 Å². The van der Waals surface area contributed by atoms with Gasteiger partial charge in [0, 0.05) is 25.9 Å². The van der Waals surface area contributed by atoms with Crippen molar-refractivity contribution >= 4 is 37.5 Å². The lowest BCUT2D eigenvalue weighted by Gasteiger charge is -2.39. The van der Waals surface area contributed by atoms with Crippen molar-refractivity contribution in [3.8, 4) is 0 Å². The summed E-state index contributed by atoms with van der Waals surface area (Å²) in [5.41, 5.74) is 0. The second-order valence-corrected chi connectivity index (χ2v) is 10.4. The fourth-order valence-corrected chi connectivity index (χ4v) is 4.33. The normalized spacial score (nSPS) is 15.9. The van der Waals surface area contributed by atoms with E-state index in [2.05, 4.69) is 37.5 Å². The number of hydrogen-bond acceptors (Lipinski definition) is 3. The smallest absolute Gasteiger partial charge is 0.311 e. The molecule has 2 nitrogen and oxygen atoms in total. The Kier molecular flexibility index (Phi) is 11.1. The first-order valence-corrected chi connectivity index (χ1v) is 12.2. The molecule has 0 saturated heterocycles. The van der Waals surface area contributed by atoms with Gasteiger partial charge in [0.25, 0.3) is 0 Å². The Balaban J connectivity index is 3.43. The van der Waals surface area contributed by atoms with Gasteiger partial charge < -0.3 is 9.13 Å². The highest BCUT2D eigenvalue weighted by atomic mass is 32.1. The zero-order valence-electron chi connectivity index (χ0n) is 21.1. The largest absolute Gasteiger partial charge is 0.460 e. The van der Waals surface area contributed by atoms with E-state index in [1.165, 1.54) is 0 Å². The van der Waals surface area contributed by atoms with E-state index < -0.39 is 106 Å². The van der Waals surface area contributed by atoms with Crippen LogP contribution in [0, 0.1) is 4.77 Å². The Bertz CT molecular complexity index is 1350. The lowest BCUT2D eigenvalue weighted by Crippen LogP contribution is -2.70. The molecule has 0 aliphatic carbocycles. The van der Waals surface area contributed by atoms with Crippen LogP contribution in [-0.4, -0.2) is 74.8 Å². The van der Waals surface area contributed by atoms with E-state index in [9.17, 15) is 105 Å². The Morgan fingerprint density at radius 2 is 0.596 bits per heavy atom. The van der Waals surface area contributed by atoms with E-state index in [1.807, 2.05) is 0 Å². The monoisotopic (exact) mass is 806 g/mol. The van der Waals surface area contributed by atoms with Gasteiger partial charge in [-0.3, -0.25) is 0 Å². The van der Waals surface area contributed by atoms with E-state index in [4.69, 9.17) is 0 Å². The third-order valence-corrected chi connectivity index (χ3v) is 7.60. The average molecular weight is 806 g/mol. The summed E-state index contributed by atoms with van der Waals surface area (Å²) in [6.45, 7) is -4.07. The third-order valence-electron chi connectivity index (χ3n) is 6.07. The van der Waals surface area contributed by atoms with Gasteiger partial charge in [-0.25, -0.2) is 0 Å². The highest BCUT2D eigenvalue weighted by Gasteiger charge is 2.91. The zero-order valence-corrected chi connectivity index (χ0v) is 23.7. The third kappa shape index (κ3) is 6.45. The van der Waals surface area contributed by atoms with E-state index >= 15 is 0 Å². The van der Waals surface area contributed by atoms with E-state index in [0.29, 0.717) is 0 Å². The van der Waals surface area contributed by atoms with Crippen molar-refractivity contribution in [3.63, 3.8) is 0 Å². The molecule has 0 unspecified atom stereocenters. The quantitative estimate of drug-likeness (QED) is 0.115.